The third-order valence-corrected chi connectivity index (χ3v) is 1.94. The summed E-state index contributed by atoms with van der Waals surface area (Å²) in [6.07, 6.45) is 3.53. The fourth-order valence-corrected chi connectivity index (χ4v) is 1.35. The van der Waals surface area contributed by atoms with Crippen LogP contribution < -0.4 is 0 Å². The molecule has 1 rings (SSSR count). The van der Waals surface area contributed by atoms with Crippen LogP contribution in [0, 0.1) is 0 Å². The van der Waals surface area contributed by atoms with Crippen LogP contribution in [0.1, 0.15) is 19.8 Å². The monoisotopic (exact) mass is 178 g/mol. The molecule has 0 radical (unpaired) electrons. The first-order valence-corrected chi connectivity index (χ1v) is 4.22. The number of epoxide rings is 1. The number of hydrogen-bond donors (Lipinski definition) is 0. The molecule has 1 nitrogen and oxygen atoms in total. The third kappa shape index (κ3) is 1.46. The fraction of sp³-hybridized carbons (Fsp3) is 1.00. The Morgan fingerprint density at radius 1 is 1.50 bits per heavy atom. The summed E-state index contributed by atoms with van der Waals surface area (Å²) in [7, 11) is 0. The minimum Gasteiger partial charge on any atom is -0.370 e. The Morgan fingerprint density at radius 3 is 2.62 bits per heavy atom. The van der Waals surface area contributed by atoms with Crippen molar-refractivity contribution in [2.24, 2.45) is 0 Å². The van der Waals surface area contributed by atoms with Gasteiger partial charge in [-0.2, -0.15) is 0 Å². The zero-order valence-corrected chi connectivity index (χ0v) is 6.65. The lowest BCUT2D eigenvalue weighted by Gasteiger charge is -1.83. The van der Waals surface area contributed by atoms with Crippen LogP contribution in [0.15, 0.2) is 0 Å². The Labute approximate surface area is 58.5 Å². The van der Waals surface area contributed by atoms with E-state index in [-0.39, 0.29) is 0 Å². The lowest BCUT2D eigenvalue weighted by atomic mass is 10.2. The molecule has 1 fully saturated rings. The first-order chi connectivity index (χ1) is 3.88. The number of hydrogen-bond acceptors (Lipinski definition) is 1. The van der Waals surface area contributed by atoms with Crippen molar-refractivity contribution in [2.45, 2.75) is 32.0 Å². The minimum atomic E-state index is 0.583. The van der Waals surface area contributed by atoms with Gasteiger partial charge < -0.3 is 4.74 Å². The van der Waals surface area contributed by atoms with E-state index in [1.54, 1.807) is 0 Å². The third-order valence-electron chi connectivity index (χ3n) is 1.48. The van der Waals surface area contributed by atoms with Crippen molar-refractivity contribution in [3.8, 4) is 0 Å². The van der Waals surface area contributed by atoms with Gasteiger partial charge >= 0.3 is 0 Å². The van der Waals surface area contributed by atoms with Gasteiger partial charge in [-0.15, -0.1) is 0 Å². The molecule has 0 N–H and O–H groups in total. The van der Waals surface area contributed by atoms with E-state index in [9.17, 15) is 0 Å². The second-order valence-corrected chi connectivity index (χ2v) is 2.89. The van der Waals surface area contributed by atoms with Crippen LogP contribution in [0.3, 0.4) is 0 Å². The van der Waals surface area contributed by atoms with E-state index < -0.39 is 0 Å². The molecule has 0 aromatic heterocycles. The van der Waals surface area contributed by atoms with E-state index in [1.807, 2.05) is 0 Å². The number of rotatable bonds is 3. The van der Waals surface area contributed by atoms with Crippen molar-refractivity contribution in [2.75, 3.05) is 5.33 Å². The number of ether oxygens (including phenoxy) is 1. The zero-order chi connectivity index (χ0) is 5.98. The van der Waals surface area contributed by atoms with Gasteiger partial charge in [0.2, 0.25) is 0 Å². The van der Waals surface area contributed by atoms with Gasteiger partial charge in [0.1, 0.15) is 0 Å². The second kappa shape index (κ2) is 2.83. The largest absolute Gasteiger partial charge is 0.370 e. The molecule has 0 amide bonds. The Hall–Kier alpha value is 0.440. The van der Waals surface area contributed by atoms with Crippen LogP contribution in [-0.4, -0.2) is 17.5 Å². The van der Waals surface area contributed by atoms with Gasteiger partial charge in [0.25, 0.3) is 0 Å². The van der Waals surface area contributed by atoms with Crippen LogP contribution in [0.5, 0.6) is 0 Å². The molecular formula is C6H11BrO. The molecule has 1 heterocycles. The van der Waals surface area contributed by atoms with E-state index >= 15 is 0 Å². The van der Waals surface area contributed by atoms with Gasteiger partial charge in [-0.3, -0.25) is 0 Å². The Bertz CT molecular complexity index is 74.9. The first kappa shape index (κ1) is 6.56. The van der Waals surface area contributed by atoms with Crippen molar-refractivity contribution >= 4 is 15.9 Å². The van der Waals surface area contributed by atoms with Crippen LogP contribution in [0.25, 0.3) is 0 Å². The summed E-state index contributed by atoms with van der Waals surface area (Å²) in [6.45, 7) is 2.17. The minimum absolute atomic E-state index is 0.583. The molecule has 1 saturated heterocycles. The predicted octanol–water partition coefficient (Wildman–Crippen LogP) is 1.95. The maximum absolute atomic E-state index is 5.28. The van der Waals surface area contributed by atoms with Crippen molar-refractivity contribution in [3.05, 3.63) is 0 Å². The number of halogens is 1. The molecule has 0 saturated carbocycles. The van der Waals surface area contributed by atoms with Gasteiger partial charge in [-0.25, -0.2) is 0 Å². The zero-order valence-electron chi connectivity index (χ0n) is 5.06. The molecule has 0 spiro atoms. The molecule has 0 aromatic rings. The molecule has 1 aliphatic rings. The van der Waals surface area contributed by atoms with E-state index in [1.165, 1.54) is 12.8 Å². The standard InChI is InChI=1S/C6H11BrO/c1-2-5-6(8-5)3-4-7/h5-6H,2-4H2,1H3/t5-,6+/m1/s1. The highest BCUT2D eigenvalue weighted by molar-refractivity contribution is 9.09. The molecule has 0 aliphatic carbocycles. The molecule has 1 aliphatic heterocycles. The number of alkyl halides is 1. The SMILES string of the molecule is CC[C@H]1O[C@H]1CCBr. The second-order valence-electron chi connectivity index (χ2n) is 2.10. The average Bonchev–Trinajstić information content (AvgIpc) is 2.48. The first-order valence-electron chi connectivity index (χ1n) is 3.10. The van der Waals surface area contributed by atoms with Gasteiger partial charge in [0, 0.05) is 5.33 Å². The summed E-state index contributed by atoms with van der Waals surface area (Å²) >= 11 is 3.37. The molecule has 0 unspecified atom stereocenters. The highest BCUT2D eigenvalue weighted by atomic mass is 79.9. The normalized spacial score (nSPS) is 35.2. The predicted molar refractivity (Wildman–Crippen MR) is 37.4 cm³/mol. The van der Waals surface area contributed by atoms with Gasteiger partial charge in [0.05, 0.1) is 12.2 Å². The summed E-state index contributed by atoms with van der Waals surface area (Å²) < 4.78 is 5.28. The average molecular weight is 179 g/mol. The van der Waals surface area contributed by atoms with Crippen LogP contribution >= 0.6 is 15.9 Å². The van der Waals surface area contributed by atoms with Crippen LogP contribution in [-0.2, 0) is 4.74 Å². The maximum Gasteiger partial charge on any atom is 0.0849 e. The summed E-state index contributed by atoms with van der Waals surface area (Å²) in [5.74, 6) is 0. The van der Waals surface area contributed by atoms with Crippen LogP contribution in [0.2, 0.25) is 0 Å². The Kier molecular flexibility index (Phi) is 2.32. The molecule has 0 aromatic carbocycles. The van der Waals surface area contributed by atoms with E-state index in [2.05, 4.69) is 22.9 Å². The molecule has 48 valence electrons. The Morgan fingerprint density at radius 2 is 2.25 bits per heavy atom. The van der Waals surface area contributed by atoms with Crippen molar-refractivity contribution in [1.29, 1.82) is 0 Å². The lowest BCUT2D eigenvalue weighted by molar-refractivity contribution is 0.364. The van der Waals surface area contributed by atoms with E-state index in [0.717, 1.165) is 5.33 Å². The summed E-state index contributed by atoms with van der Waals surface area (Å²) in [5.41, 5.74) is 0. The quantitative estimate of drug-likeness (QED) is 0.476. The van der Waals surface area contributed by atoms with Gasteiger partial charge in [-0.05, 0) is 12.8 Å². The topological polar surface area (TPSA) is 12.5 Å². The molecular weight excluding hydrogens is 168 g/mol. The maximum atomic E-state index is 5.28. The molecule has 2 atom stereocenters. The smallest absolute Gasteiger partial charge is 0.0849 e. The van der Waals surface area contributed by atoms with E-state index in [4.69, 9.17) is 4.74 Å². The summed E-state index contributed by atoms with van der Waals surface area (Å²) in [5, 5.41) is 1.08. The molecule has 0 bridgehead atoms. The van der Waals surface area contributed by atoms with Gasteiger partial charge in [-0.1, -0.05) is 22.9 Å². The van der Waals surface area contributed by atoms with Crippen LogP contribution in [0.4, 0.5) is 0 Å². The highest BCUT2D eigenvalue weighted by Gasteiger charge is 2.35. The Balaban J connectivity index is 1.99. The summed E-state index contributed by atoms with van der Waals surface area (Å²) in [6, 6.07) is 0. The highest BCUT2D eigenvalue weighted by Crippen LogP contribution is 2.27. The summed E-state index contributed by atoms with van der Waals surface area (Å²) in [4.78, 5) is 0. The fourth-order valence-electron chi connectivity index (χ4n) is 0.900. The van der Waals surface area contributed by atoms with Crippen molar-refractivity contribution in [3.63, 3.8) is 0 Å². The van der Waals surface area contributed by atoms with E-state index in [0.29, 0.717) is 12.2 Å². The van der Waals surface area contributed by atoms with Crippen molar-refractivity contribution < 1.29 is 4.74 Å². The van der Waals surface area contributed by atoms with Gasteiger partial charge in [0.15, 0.2) is 0 Å². The molecule has 2 heteroatoms. The van der Waals surface area contributed by atoms with Crippen molar-refractivity contribution in [1.82, 2.24) is 0 Å². The molecule has 8 heavy (non-hydrogen) atoms. The lowest BCUT2D eigenvalue weighted by Crippen LogP contribution is -1.91.